The molecule has 0 unspecified atom stereocenters. The van der Waals surface area contributed by atoms with E-state index in [4.69, 9.17) is 4.74 Å². The van der Waals surface area contributed by atoms with Gasteiger partial charge in [-0.05, 0) is 54.3 Å². The van der Waals surface area contributed by atoms with Crippen LogP contribution in [0.25, 0.3) is 0 Å². The van der Waals surface area contributed by atoms with Gasteiger partial charge < -0.3 is 15.4 Å². The summed E-state index contributed by atoms with van der Waals surface area (Å²) in [5, 5.41) is 6.83. The standard InChI is InChI=1S/C24H20N2O2/c27-23-19-3-1-2-4-20(19)24(28-23,17-5-7-21-15(13-17)9-11-25-21)18-6-8-22-16(14-18)10-12-26-22/h1-8,13-14,25-26H,9-12H2. The van der Waals surface area contributed by atoms with E-state index in [0.29, 0.717) is 5.56 Å². The summed E-state index contributed by atoms with van der Waals surface area (Å²) in [6, 6.07) is 20.6. The van der Waals surface area contributed by atoms with Crippen molar-refractivity contribution in [3.05, 3.63) is 94.0 Å². The number of hydrogen-bond donors (Lipinski definition) is 2. The molecule has 2 N–H and O–H groups in total. The second-order valence-electron chi connectivity index (χ2n) is 7.71. The van der Waals surface area contributed by atoms with E-state index < -0.39 is 5.60 Å². The molecule has 3 aromatic carbocycles. The summed E-state index contributed by atoms with van der Waals surface area (Å²) in [6.45, 7) is 1.90. The topological polar surface area (TPSA) is 50.4 Å². The first-order valence-corrected chi connectivity index (χ1v) is 9.83. The maximum absolute atomic E-state index is 12.8. The van der Waals surface area contributed by atoms with E-state index in [0.717, 1.165) is 42.6 Å². The smallest absolute Gasteiger partial charge is 0.340 e. The Labute approximate surface area is 163 Å². The molecule has 3 aliphatic heterocycles. The van der Waals surface area contributed by atoms with Crippen LogP contribution in [0.15, 0.2) is 60.7 Å². The molecule has 0 spiro atoms. The number of anilines is 2. The molecule has 0 bridgehead atoms. The van der Waals surface area contributed by atoms with Gasteiger partial charge in [-0.15, -0.1) is 0 Å². The number of benzene rings is 3. The van der Waals surface area contributed by atoms with Gasteiger partial charge in [-0.3, -0.25) is 0 Å². The van der Waals surface area contributed by atoms with Gasteiger partial charge in [0, 0.05) is 41.2 Å². The van der Waals surface area contributed by atoms with Crippen molar-refractivity contribution in [2.24, 2.45) is 0 Å². The summed E-state index contributed by atoms with van der Waals surface area (Å²) in [4.78, 5) is 12.8. The zero-order valence-electron chi connectivity index (χ0n) is 15.4. The van der Waals surface area contributed by atoms with E-state index in [1.165, 1.54) is 22.5 Å². The largest absolute Gasteiger partial charge is 0.441 e. The highest BCUT2D eigenvalue weighted by molar-refractivity contribution is 5.96. The Morgan fingerprint density at radius 3 is 2.04 bits per heavy atom. The minimum absolute atomic E-state index is 0.257. The lowest BCUT2D eigenvalue weighted by Gasteiger charge is -2.31. The first-order valence-electron chi connectivity index (χ1n) is 9.83. The first-order chi connectivity index (χ1) is 13.8. The van der Waals surface area contributed by atoms with Crippen LogP contribution in [0.4, 0.5) is 11.4 Å². The lowest BCUT2D eigenvalue weighted by Crippen LogP contribution is -2.29. The average molecular weight is 368 g/mol. The fourth-order valence-electron chi connectivity index (χ4n) is 4.86. The van der Waals surface area contributed by atoms with Gasteiger partial charge in [-0.1, -0.05) is 30.3 Å². The number of fused-ring (bicyclic) bond motifs is 3. The van der Waals surface area contributed by atoms with Crippen LogP contribution in [0.2, 0.25) is 0 Å². The van der Waals surface area contributed by atoms with Gasteiger partial charge in [0.1, 0.15) is 0 Å². The van der Waals surface area contributed by atoms with E-state index >= 15 is 0 Å². The number of nitrogens with one attached hydrogen (secondary N) is 2. The minimum Gasteiger partial charge on any atom is -0.441 e. The molecule has 4 heteroatoms. The number of hydrogen-bond acceptors (Lipinski definition) is 4. The third-order valence-electron chi connectivity index (χ3n) is 6.22. The molecule has 4 nitrogen and oxygen atoms in total. The summed E-state index contributed by atoms with van der Waals surface area (Å²) in [5.41, 5.74) is 7.61. The second-order valence-corrected chi connectivity index (χ2v) is 7.71. The Morgan fingerprint density at radius 1 is 0.786 bits per heavy atom. The Hall–Kier alpha value is -3.27. The monoisotopic (exact) mass is 368 g/mol. The van der Waals surface area contributed by atoms with Gasteiger partial charge in [0.15, 0.2) is 5.60 Å². The zero-order chi connectivity index (χ0) is 18.7. The molecule has 6 rings (SSSR count). The highest BCUT2D eigenvalue weighted by Gasteiger charge is 2.48. The predicted octanol–water partition coefficient (Wildman–Crippen LogP) is 4.08. The Bertz CT molecular complexity index is 1080. The highest BCUT2D eigenvalue weighted by Crippen LogP contribution is 2.48. The fourth-order valence-corrected chi connectivity index (χ4v) is 4.86. The summed E-state index contributed by atoms with van der Waals surface area (Å²) >= 11 is 0. The first kappa shape index (κ1) is 15.8. The van der Waals surface area contributed by atoms with E-state index in [9.17, 15) is 4.79 Å². The molecule has 0 fully saturated rings. The Kier molecular flexibility index (Phi) is 3.16. The predicted molar refractivity (Wildman–Crippen MR) is 109 cm³/mol. The maximum atomic E-state index is 12.8. The molecular weight excluding hydrogens is 348 g/mol. The number of cyclic esters (lactones) is 1. The van der Waals surface area contributed by atoms with Crippen LogP contribution in [0.1, 0.15) is 38.2 Å². The molecule has 0 aliphatic carbocycles. The summed E-state index contributed by atoms with van der Waals surface area (Å²) < 4.78 is 6.23. The summed E-state index contributed by atoms with van der Waals surface area (Å²) in [7, 11) is 0. The normalized spacial score (nSPS) is 17.9. The molecule has 3 aliphatic rings. The number of carbonyl (C=O) groups is 1. The molecule has 0 atom stereocenters. The van der Waals surface area contributed by atoms with Gasteiger partial charge in [0.25, 0.3) is 0 Å². The van der Waals surface area contributed by atoms with E-state index in [1.807, 2.05) is 24.3 Å². The van der Waals surface area contributed by atoms with Gasteiger partial charge in [0.2, 0.25) is 0 Å². The molecule has 28 heavy (non-hydrogen) atoms. The fraction of sp³-hybridized carbons (Fsp3) is 0.208. The SMILES string of the molecule is O=C1OC(c2ccc3c(c2)CCN3)(c2ccc3c(c2)CCN3)c2ccccc21. The minimum atomic E-state index is -0.900. The molecular formula is C24H20N2O2. The lowest BCUT2D eigenvalue weighted by molar-refractivity contribution is 0.0251. The molecule has 0 amide bonds. The van der Waals surface area contributed by atoms with E-state index in [2.05, 4.69) is 47.0 Å². The van der Waals surface area contributed by atoms with Crippen molar-refractivity contribution in [3.8, 4) is 0 Å². The summed E-state index contributed by atoms with van der Waals surface area (Å²) in [6.07, 6.45) is 1.98. The summed E-state index contributed by atoms with van der Waals surface area (Å²) in [5.74, 6) is -0.257. The molecule has 138 valence electrons. The van der Waals surface area contributed by atoms with Crippen LogP contribution in [-0.4, -0.2) is 19.1 Å². The van der Waals surface area contributed by atoms with Crippen molar-refractivity contribution in [2.45, 2.75) is 18.4 Å². The second kappa shape index (κ2) is 5.61. The number of ether oxygens (including phenoxy) is 1. The van der Waals surface area contributed by atoms with Crippen LogP contribution in [0, 0.1) is 0 Å². The third-order valence-corrected chi connectivity index (χ3v) is 6.22. The van der Waals surface area contributed by atoms with Gasteiger partial charge in [-0.2, -0.15) is 0 Å². The Morgan fingerprint density at radius 2 is 1.39 bits per heavy atom. The van der Waals surface area contributed by atoms with Crippen LogP contribution in [-0.2, 0) is 23.2 Å². The van der Waals surface area contributed by atoms with Crippen molar-refractivity contribution < 1.29 is 9.53 Å². The van der Waals surface area contributed by atoms with E-state index in [1.54, 1.807) is 0 Å². The van der Waals surface area contributed by atoms with Crippen LogP contribution >= 0.6 is 0 Å². The van der Waals surface area contributed by atoms with Crippen molar-refractivity contribution >= 4 is 17.3 Å². The molecule has 0 saturated carbocycles. The Balaban J connectivity index is 1.63. The van der Waals surface area contributed by atoms with Crippen molar-refractivity contribution in [2.75, 3.05) is 23.7 Å². The van der Waals surface area contributed by atoms with Crippen LogP contribution in [0.3, 0.4) is 0 Å². The highest BCUT2D eigenvalue weighted by atomic mass is 16.6. The number of carbonyl (C=O) groups excluding carboxylic acids is 1. The third kappa shape index (κ3) is 2.03. The number of esters is 1. The van der Waals surface area contributed by atoms with Crippen LogP contribution < -0.4 is 10.6 Å². The zero-order valence-corrected chi connectivity index (χ0v) is 15.4. The van der Waals surface area contributed by atoms with Gasteiger partial charge >= 0.3 is 5.97 Å². The quantitative estimate of drug-likeness (QED) is 0.669. The average Bonchev–Trinajstić information content (AvgIpc) is 3.45. The maximum Gasteiger partial charge on any atom is 0.340 e. The van der Waals surface area contributed by atoms with Crippen LogP contribution in [0.5, 0.6) is 0 Å². The molecule has 3 heterocycles. The molecule has 3 aromatic rings. The van der Waals surface area contributed by atoms with Crippen molar-refractivity contribution in [1.29, 1.82) is 0 Å². The van der Waals surface area contributed by atoms with Crippen molar-refractivity contribution in [3.63, 3.8) is 0 Å². The number of rotatable bonds is 2. The van der Waals surface area contributed by atoms with E-state index in [-0.39, 0.29) is 5.97 Å². The van der Waals surface area contributed by atoms with Gasteiger partial charge in [-0.25, -0.2) is 4.79 Å². The molecule has 0 radical (unpaired) electrons. The molecule has 0 saturated heterocycles. The lowest BCUT2D eigenvalue weighted by atomic mass is 9.78. The van der Waals surface area contributed by atoms with Gasteiger partial charge in [0.05, 0.1) is 5.56 Å². The molecule has 0 aromatic heterocycles. The van der Waals surface area contributed by atoms with Crippen molar-refractivity contribution in [1.82, 2.24) is 0 Å².